The molecular formula is C12H18N6O12Si6. The Morgan fingerprint density at radius 2 is 0.444 bits per heavy atom. The highest BCUT2D eigenvalue weighted by molar-refractivity contribution is 6.93. The van der Waals surface area contributed by atoms with E-state index >= 15 is 0 Å². The van der Waals surface area contributed by atoms with Crippen molar-refractivity contribution in [2.24, 2.45) is 27.9 Å². The van der Waals surface area contributed by atoms with Crippen LogP contribution in [0, 0.1) is 0 Å². The van der Waals surface area contributed by atoms with E-state index in [9.17, 15) is 28.8 Å². The molecule has 18 nitrogen and oxygen atoms in total. The van der Waals surface area contributed by atoms with Gasteiger partial charge in [0.25, 0.3) is 0 Å². The van der Waals surface area contributed by atoms with Crippen molar-refractivity contribution in [3.05, 3.63) is 0 Å². The predicted molar refractivity (Wildman–Crippen MR) is 125 cm³/mol. The maximum atomic E-state index is 11.2. The Labute approximate surface area is 209 Å². The monoisotopic (exact) mass is 606 g/mol. The van der Waals surface area contributed by atoms with E-state index in [1.54, 1.807) is 0 Å². The number of hydrogen-bond donors (Lipinski definition) is 0. The molecule has 0 saturated carbocycles. The molecule has 1 fully saturated rings. The summed E-state index contributed by atoms with van der Waals surface area (Å²) >= 11 is 0. The van der Waals surface area contributed by atoms with Gasteiger partial charge in [-0.1, -0.05) is 0 Å². The van der Waals surface area contributed by atoms with Crippen LogP contribution in [0.5, 0.6) is 0 Å². The largest absolute Gasteiger partial charge is 0.470 e. The summed E-state index contributed by atoms with van der Waals surface area (Å²) in [6.07, 6.45) is 7.49. The van der Waals surface area contributed by atoms with Gasteiger partial charge in [-0.2, -0.15) is 27.9 Å². The molecule has 0 aromatic rings. The van der Waals surface area contributed by atoms with Gasteiger partial charge in [0.1, 0.15) is 0 Å². The lowest BCUT2D eigenvalue weighted by Crippen LogP contribution is -2.66. The zero-order chi connectivity index (χ0) is 27.7. The molecule has 0 aromatic heterocycles. The quantitative estimate of drug-likeness (QED) is 0.212. The van der Waals surface area contributed by atoms with Gasteiger partial charge in [0.05, 0.1) is 0 Å². The van der Waals surface area contributed by atoms with E-state index in [4.69, 9.17) is 24.7 Å². The summed E-state index contributed by atoms with van der Waals surface area (Å²) in [5.41, 5.74) is 0. The Kier molecular flexibility index (Phi) is 10.5. The van der Waals surface area contributed by atoms with Gasteiger partial charge in [0, 0.05) is 39.3 Å². The maximum absolute atomic E-state index is 11.2. The standard InChI is InChI=1S/C12H18N6O12Si6/c1-31(13-7-19)25-32(2,14-8-20)27-34(4,16-10-22)29-36(6,18-12-24)30-35(5,17-11-23)28-33(3,26-31)15-9-21/h1-6H3. The van der Waals surface area contributed by atoms with E-state index in [0.29, 0.717) is 0 Å². The zero-order valence-corrected chi connectivity index (χ0v) is 25.6. The first-order valence-corrected chi connectivity index (χ1v) is 22.9. The van der Waals surface area contributed by atoms with Gasteiger partial charge in [-0.05, 0) is 0 Å². The molecular weight excluding hydrogens is 589 g/mol. The molecule has 1 heterocycles. The molecule has 1 aliphatic rings. The maximum Gasteiger partial charge on any atom is 0.470 e. The molecule has 0 aliphatic carbocycles. The van der Waals surface area contributed by atoms with Gasteiger partial charge in [0.15, 0.2) is 0 Å². The fourth-order valence-electron chi connectivity index (χ4n) is 3.00. The van der Waals surface area contributed by atoms with Crippen LogP contribution in [0.1, 0.15) is 0 Å². The van der Waals surface area contributed by atoms with Crippen LogP contribution < -0.4 is 0 Å². The summed E-state index contributed by atoms with van der Waals surface area (Å²) in [5.74, 6) is 0. The topological polar surface area (TPSA) is 232 Å². The number of rotatable bonds is 6. The van der Waals surface area contributed by atoms with E-state index in [1.807, 2.05) is 0 Å². The molecule has 0 unspecified atom stereocenters. The van der Waals surface area contributed by atoms with Crippen molar-refractivity contribution in [3.8, 4) is 0 Å². The lowest BCUT2D eigenvalue weighted by Gasteiger charge is -2.41. The lowest BCUT2D eigenvalue weighted by atomic mass is 11.7. The molecule has 192 valence electrons. The SMILES string of the molecule is C[Si]1(N=C=O)O[Si](C)(N=C=O)O[Si](C)(N=C=O)O[Si](C)(N=C=O)O[Si](C)(N=C=O)O[Si](C)(N=C=O)O1. The van der Waals surface area contributed by atoms with Crippen molar-refractivity contribution in [1.29, 1.82) is 0 Å². The fourth-order valence-corrected chi connectivity index (χ4v) is 26.3. The minimum absolute atomic E-state index is 1.18. The highest BCUT2D eigenvalue weighted by Gasteiger charge is 2.61. The van der Waals surface area contributed by atoms with Crippen molar-refractivity contribution in [1.82, 2.24) is 0 Å². The van der Waals surface area contributed by atoms with Crippen molar-refractivity contribution in [2.45, 2.75) is 39.3 Å². The molecule has 0 amide bonds. The van der Waals surface area contributed by atoms with Gasteiger partial charge in [-0.15, -0.1) is 0 Å². The van der Waals surface area contributed by atoms with E-state index in [1.165, 1.54) is 75.8 Å². The van der Waals surface area contributed by atoms with Crippen LogP contribution in [0.3, 0.4) is 0 Å². The Morgan fingerprint density at radius 1 is 0.333 bits per heavy atom. The Bertz CT molecular complexity index is 921. The van der Waals surface area contributed by atoms with Crippen LogP contribution in [-0.2, 0) is 53.5 Å². The highest BCUT2D eigenvalue weighted by Crippen LogP contribution is 2.33. The second-order valence-corrected chi connectivity index (χ2v) is 24.2. The Balaban J connectivity index is 4.07. The van der Waals surface area contributed by atoms with Crippen molar-refractivity contribution in [2.75, 3.05) is 0 Å². The van der Waals surface area contributed by atoms with Crippen molar-refractivity contribution < 1.29 is 53.5 Å². The van der Waals surface area contributed by atoms with Crippen LogP contribution in [0.4, 0.5) is 0 Å². The van der Waals surface area contributed by atoms with Crippen molar-refractivity contribution in [3.63, 3.8) is 0 Å². The molecule has 0 spiro atoms. The highest BCUT2D eigenvalue weighted by atomic mass is 28.5. The van der Waals surface area contributed by atoms with E-state index in [2.05, 4.69) is 27.9 Å². The molecule has 0 atom stereocenters. The predicted octanol–water partition coefficient (Wildman–Crippen LogP) is -0.473. The molecule has 0 N–H and O–H groups in total. The summed E-state index contributed by atoms with van der Waals surface area (Å²) < 4.78 is 56.0. The molecule has 36 heavy (non-hydrogen) atoms. The van der Waals surface area contributed by atoms with Crippen LogP contribution in [0.25, 0.3) is 0 Å². The summed E-state index contributed by atoms with van der Waals surface area (Å²) in [4.78, 5) is 67.3. The van der Waals surface area contributed by atoms with Gasteiger partial charge in [-0.25, -0.2) is 28.8 Å². The average molecular weight is 607 g/mol. The van der Waals surface area contributed by atoms with E-state index in [-0.39, 0.29) is 0 Å². The second-order valence-electron chi connectivity index (χ2n) is 7.22. The molecule has 24 heteroatoms. The Hall–Kier alpha value is -2.66. The molecule has 1 rings (SSSR count). The summed E-state index contributed by atoms with van der Waals surface area (Å²) in [5, 5.41) is 0. The first-order chi connectivity index (χ1) is 16.6. The zero-order valence-electron chi connectivity index (χ0n) is 19.6. The van der Waals surface area contributed by atoms with Gasteiger partial charge >= 0.3 is 52.3 Å². The van der Waals surface area contributed by atoms with E-state index in [0.717, 1.165) is 0 Å². The normalized spacial score (nSPS) is 38.8. The molecule has 0 aromatic carbocycles. The van der Waals surface area contributed by atoms with Gasteiger partial charge in [-0.3, -0.25) is 0 Å². The first-order valence-electron chi connectivity index (χ1n) is 9.36. The number of carbonyl (C=O) groups excluding carboxylic acids is 6. The van der Waals surface area contributed by atoms with Gasteiger partial charge in [0.2, 0.25) is 36.5 Å². The van der Waals surface area contributed by atoms with E-state index < -0.39 is 52.3 Å². The van der Waals surface area contributed by atoms with Gasteiger partial charge < -0.3 is 24.7 Å². The van der Waals surface area contributed by atoms with Crippen LogP contribution in [0.15, 0.2) is 27.9 Å². The number of hydrogen-bond acceptors (Lipinski definition) is 18. The third-order valence-corrected chi connectivity index (χ3v) is 24.9. The molecule has 0 bridgehead atoms. The fraction of sp³-hybridized carbons (Fsp3) is 0.500. The third-order valence-electron chi connectivity index (χ3n) is 3.76. The average Bonchev–Trinajstić information content (AvgIpc) is 2.65. The summed E-state index contributed by atoms with van der Waals surface area (Å²) in [7, 11) is -25.6. The second kappa shape index (κ2) is 12.1. The van der Waals surface area contributed by atoms with Crippen LogP contribution in [0.2, 0.25) is 39.3 Å². The lowest BCUT2D eigenvalue weighted by molar-refractivity contribution is 0.228. The minimum atomic E-state index is -4.27. The molecule has 1 aliphatic heterocycles. The number of isocyanates is 6. The minimum Gasteiger partial charge on any atom is -0.380 e. The molecule has 0 radical (unpaired) electrons. The number of nitrogens with zero attached hydrogens (tertiary/aromatic N) is 6. The third kappa shape index (κ3) is 8.78. The molecule has 1 saturated heterocycles. The van der Waals surface area contributed by atoms with Crippen LogP contribution in [-0.4, -0.2) is 88.8 Å². The first kappa shape index (κ1) is 31.4. The van der Waals surface area contributed by atoms with Crippen molar-refractivity contribution >= 4 is 88.8 Å². The Morgan fingerprint density at radius 3 is 0.528 bits per heavy atom. The van der Waals surface area contributed by atoms with Crippen LogP contribution >= 0.6 is 0 Å². The summed E-state index contributed by atoms with van der Waals surface area (Å²) in [6.45, 7) is 7.05. The summed E-state index contributed by atoms with van der Waals surface area (Å²) in [6, 6.07) is 0. The smallest absolute Gasteiger partial charge is 0.380 e.